The molecule has 1 atom stereocenters. The predicted molar refractivity (Wildman–Crippen MR) is 151 cm³/mol. The van der Waals surface area contributed by atoms with Crippen molar-refractivity contribution in [1.29, 1.82) is 5.26 Å². The van der Waals surface area contributed by atoms with Crippen molar-refractivity contribution in [2.24, 2.45) is 0 Å². The second kappa shape index (κ2) is 11.8. The third kappa shape index (κ3) is 5.17. The van der Waals surface area contributed by atoms with Crippen molar-refractivity contribution in [3.63, 3.8) is 0 Å². The molecule has 218 valence electrons. The fourth-order valence-electron chi connectivity index (χ4n) is 4.68. The van der Waals surface area contributed by atoms with Gasteiger partial charge in [0.2, 0.25) is 10.8 Å². The predicted octanol–water partition coefficient (Wildman–Crippen LogP) is 4.66. The second-order valence-corrected chi connectivity index (χ2v) is 10.4. The highest BCUT2D eigenvalue weighted by Gasteiger charge is 2.62. The fourth-order valence-corrected chi connectivity index (χ4v) is 5.99. The fraction of sp³-hybridized carbons (Fsp3) is 0.286. The van der Waals surface area contributed by atoms with Crippen LogP contribution in [0.4, 0.5) is 23.9 Å². The number of alkyl halides is 3. The number of amides is 2. The van der Waals surface area contributed by atoms with Gasteiger partial charge < -0.3 is 19.7 Å². The second-order valence-electron chi connectivity index (χ2n) is 9.22. The summed E-state index contributed by atoms with van der Waals surface area (Å²) in [5.74, 6) is 0.726. The molecule has 2 amide bonds. The summed E-state index contributed by atoms with van der Waals surface area (Å²) in [4.78, 5) is 13.5. The Morgan fingerprint density at radius 2 is 1.88 bits per heavy atom. The van der Waals surface area contributed by atoms with Crippen LogP contribution < -0.4 is 15.0 Å². The van der Waals surface area contributed by atoms with Crippen LogP contribution >= 0.6 is 11.8 Å². The zero-order valence-electron chi connectivity index (χ0n) is 22.5. The van der Waals surface area contributed by atoms with Crippen molar-refractivity contribution in [3.8, 4) is 17.5 Å². The molecule has 0 bridgehead atoms. The van der Waals surface area contributed by atoms with Crippen LogP contribution in [0.5, 0.6) is 5.75 Å². The zero-order valence-corrected chi connectivity index (χ0v) is 23.3. The van der Waals surface area contributed by atoms with Crippen LogP contribution in [0.25, 0.3) is 11.3 Å². The first kappa shape index (κ1) is 29.0. The smallest absolute Gasteiger partial charge is 0.425 e. The first-order valence-corrected chi connectivity index (χ1v) is 13.6. The number of urea groups is 1. The number of nitriles is 1. The molecule has 3 aromatic rings. The minimum absolute atomic E-state index is 0.0118. The van der Waals surface area contributed by atoms with E-state index >= 15 is 13.2 Å². The minimum atomic E-state index is -4.97. The number of rotatable bonds is 7. The summed E-state index contributed by atoms with van der Waals surface area (Å²) in [7, 11) is 1.40. The molecule has 2 aliphatic heterocycles. The first-order chi connectivity index (χ1) is 20.2. The van der Waals surface area contributed by atoms with Gasteiger partial charge in [-0.3, -0.25) is 9.47 Å². The van der Waals surface area contributed by atoms with Crippen LogP contribution in [0.15, 0.2) is 72.3 Å². The number of carbonyl (C=O) groups is 1. The summed E-state index contributed by atoms with van der Waals surface area (Å²) in [5, 5.41) is 21.0. The molecule has 0 unspecified atom stereocenters. The van der Waals surface area contributed by atoms with E-state index < -0.39 is 17.1 Å². The number of morpholine rings is 1. The van der Waals surface area contributed by atoms with E-state index in [-0.39, 0.29) is 28.5 Å². The Labute approximate surface area is 244 Å². The van der Waals surface area contributed by atoms with Gasteiger partial charge >= 0.3 is 12.2 Å². The van der Waals surface area contributed by atoms with Gasteiger partial charge in [-0.1, -0.05) is 48.2 Å². The lowest BCUT2D eigenvalue weighted by atomic mass is 10.1. The zero-order chi connectivity index (χ0) is 29.9. The molecule has 1 aromatic heterocycles. The lowest BCUT2D eigenvalue weighted by molar-refractivity contribution is -0.168. The Bertz CT molecular complexity index is 1530. The van der Waals surface area contributed by atoms with E-state index in [0.29, 0.717) is 55.5 Å². The maximum Gasteiger partial charge on any atom is 0.425 e. The summed E-state index contributed by atoms with van der Waals surface area (Å²) in [6.45, 7) is 5.38. The molecule has 1 N–H and O–H groups in total. The summed E-state index contributed by atoms with van der Waals surface area (Å²) < 4.78 is 57.3. The standard InChI is InChI=1S/C28H26F3N7O3S/c1-3-13-37-24(42-27(28(29,30)31,33-26(37)39)19-9-11-21(40-2)12-10-19)22(18-32)23-34-35-25(36-14-16-41-17-15-36)38(23)20-7-5-4-6-8-20/h3-12H,1,13-17H2,2H3,(H,33,39)/b24-22-/t27-/m1/s1. The summed E-state index contributed by atoms with van der Waals surface area (Å²) in [6, 6.07) is 15.1. The molecule has 2 aromatic carbocycles. The molecule has 3 heterocycles. The van der Waals surface area contributed by atoms with Gasteiger partial charge in [-0.25, -0.2) is 4.79 Å². The Kier molecular flexibility index (Phi) is 8.15. The van der Waals surface area contributed by atoms with Gasteiger partial charge in [-0.05, 0) is 29.8 Å². The number of thioether (sulfide) groups is 1. The third-order valence-electron chi connectivity index (χ3n) is 6.73. The van der Waals surface area contributed by atoms with E-state index in [4.69, 9.17) is 9.47 Å². The van der Waals surface area contributed by atoms with Crippen molar-refractivity contribution >= 4 is 29.3 Å². The molecule has 5 rings (SSSR count). The number of carbonyl (C=O) groups excluding carboxylic acids is 1. The molecule has 2 saturated heterocycles. The van der Waals surface area contributed by atoms with E-state index in [2.05, 4.69) is 22.1 Å². The van der Waals surface area contributed by atoms with Crippen LogP contribution in [-0.4, -0.2) is 71.8 Å². The van der Waals surface area contributed by atoms with Gasteiger partial charge in [-0.15, -0.1) is 16.8 Å². The van der Waals surface area contributed by atoms with E-state index in [1.807, 2.05) is 17.0 Å². The highest BCUT2D eigenvalue weighted by molar-refractivity contribution is 8.04. The largest absolute Gasteiger partial charge is 0.497 e. The molecule has 14 heteroatoms. The molecule has 2 fully saturated rings. The maximum atomic E-state index is 15.0. The Morgan fingerprint density at radius 1 is 1.19 bits per heavy atom. The number of ether oxygens (including phenoxy) is 2. The van der Waals surface area contributed by atoms with E-state index in [1.54, 1.807) is 28.8 Å². The number of benzene rings is 2. The van der Waals surface area contributed by atoms with Gasteiger partial charge in [0.05, 0.1) is 26.0 Å². The number of nitrogens with one attached hydrogen (secondary N) is 1. The number of methoxy groups -OCH3 is 1. The minimum Gasteiger partial charge on any atom is -0.497 e. The lowest BCUT2D eigenvalue weighted by Crippen LogP contribution is -2.60. The van der Waals surface area contributed by atoms with E-state index in [9.17, 15) is 10.1 Å². The molecular weight excluding hydrogens is 571 g/mol. The maximum absolute atomic E-state index is 15.0. The quantitative estimate of drug-likeness (QED) is 0.310. The molecule has 0 spiro atoms. The molecule has 0 aliphatic carbocycles. The first-order valence-electron chi connectivity index (χ1n) is 12.8. The molecule has 2 aliphatic rings. The summed E-state index contributed by atoms with van der Waals surface area (Å²) >= 11 is 0.303. The molecule has 0 saturated carbocycles. The van der Waals surface area contributed by atoms with Crippen molar-refractivity contribution < 1.29 is 27.4 Å². The van der Waals surface area contributed by atoms with Crippen LogP contribution in [-0.2, 0) is 9.61 Å². The normalized spacial score (nSPS) is 20.5. The number of anilines is 1. The Hall–Kier alpha value is -4.48. The van der Waals surface area contributed by atoms with Crippen molar-refractivity contribution in [2.75, 3.05) is 44.9 Å². The van der Waals surface area contributed by atoms with Gasteiger partial charge in [0.25, 0.3) is 0 Å². The van der Waals surface area contributed by atoms with Crippen LogP contribution in [0, 0.1) is 11.3 Å². The van der Waals surface area contributed by atoms with Gasteiger partial charge in [0.15, 0.2) is 5.82 Å². The summed E-state index contributed by atoms with van der Waals surface area (Å²) in [6.07, 6.45) is -3.61. The average Bonchev–Trinajstić information content (AvgIpc) is 3.44. The Morgan fingerprint density at radius 3 is 2.48 bits per heavy atom. The molecule has 10 nitrogen and oxygen atoms in total. The van der Waals surface area contributed by atoms with E-state index in [0.717, 1.165) is 4.90 Å². The van der Waals surface area contributed by atoms with Gasteiger partial charge in [-0.2, -0.15) is 18.4 Å². The van der Waals surface area contributed by atoms with Crippen LogP contribution in [0.1, 0.15) is 11.4 Å². The Balaban J connectivity index is 1.75. The highest BCUT2D eigenvalue weighted by Crippen LogP contribution is 2.54. The highest BCUT2D eigenvalue weighted by atomic mass is 32.2. The number of halogens is 3. The third-order valence-corrected chi connectivity index (χ3v) is 8.23. The topological polar surface area (TPSA) is 109 Å². The van der Waals surface area contributed by atoms with Crippen LogP contribution in [0.2, 0.25) is 0 Å². The van der Waals surface area contributed by atoms with Gasteiger partial charge in [0.1, 0.15) is 22.4 Å². The van der Waals surface area contributed by atoms with E-state index in [1.165, 1.54) is 37.5 Å². The van der Waals surface area contributed by atoms with Crippen molar-refractivity contribution in [1.82, 2.24) is 25.0 Å². The number of hydrogen-bond donors (Lipinski definition) is 1. The number of hydrogen-bond acceptors (Lipinski definition) is 8. The molecular formula is C28H26F3N7O3S. The van der Waals surface area contributed by atoms with Crippen molar-refractivity contribution in [3.05, 3.63) is 83.7 Å². The molecule has 0 radical (unpaired) electrons. The number of para-hydroxylation sites is 1. The number of aromatic nitrogens is 3. The molecule has 42 heavy (non-hydrogen) atoms. The SMILES string of the molecule is C=CCN1C(=O)N[C@@](c2ccc(OC)cc2)(C(F)(F)F)S/C1=C(/C#N)c1nnc(N2CCOCC2)n1-c1ccccc1. The number of allylic oxidation sites excluding steroid dienone is 1. The average molecular weight is 598 g/mol. The lowest BCUT2D eigenvalue weighted by Gasteiger charge is -2.44. The van der Waals surface area contributed by atoms with Crippen LogP contribution in [0.3, 0.4) is 0 Å². The monoisotopic (exact) mass is 597 g/mol. The van der Waals surface area contributed by atoms with Gasteiger partial charge in [0, 0.05) is 19.6 Å². The van der Waals surface area contributed by atoms with Crippen molar-refractivity contribution in [2.45, 2.75) is 11.0 Å². The number of nitrogens with zero attached hydrogens (tertiary/aromatic N) is 6. The summed E-state index contributed by atoms with van der Waals surface area (Å²) in [5.41, 5.74) is 0.0838.